The van der Waals surface area contributed by atoms with E-state index in [2.05, 4.69) is 0 Å². The Morgan fingerprint density at radius 3 is 2.41 bits per heavy atom. The minimum Gasteiger partial charge on any atom is -0.480 e. The highest BCUT2D eigenvalue weighted by Crippen LogP contribution is 2.16. The third-order valence-electron chi connectivity index (χ3n) is 4.54. The molecule has 1 heterocycles. The number of carboxylic acids is 1. The van der Waals surface area contributed by atoms with Crippen LogP contribution >= 0.6 is 0 Å². The fourth-order valence-corrected chi connectivity index (χ4v) is 3.04. The number of hydrogen-bond donors (Lipinski definition) is 1. The first-order chi connectivity index (χ1) is 13.0. The number of halogens is 1. The number of benzene rings is 2. The van der Waals surface area contributed by atoms with Crippen LogP contribution in [-0.2, 0) is 22.7 Å². The molecule has 2 aromatic rings. The molecule has 0 radical (unpaired) electrons. The van der Waals surface area contributed by atoms with Gasteiger partial charge in [0.1, 0.15) is 18.5 Å². The molecule has 1 aliphatic heterocycles. The highest BCUT2D eigenvalue weighted by Gasteiger charge is 2.34. The zero-order valence-electron chi connectivity index (χ0n) is 14.8. The number of carboxylic acid groups (broad SMARTS) is 1. The van der Waals surface area contributed by atoms with Gasteiger partial charge in [0.25, 0.3) is 0 Å². The van der Waals surface area contributed by atoms with Crippen molar-refractivity contribution in [2.24, 2.45) is 0 Å². The van der Waals surface area contributed by atoms with Gasteiger partial charge >= 0.3 is 12.1 Å². The predicted octanol–water partition coefficient (Wildman–Crippen LogP) is 2.73. The maximum atomic E-state index is 13.0. The minimum atomic E-state index is -1.00. The van der Waals surface area contributed by atoms with Crippen molar-refractivity contribution >= 4 is 12.1 Å². The highest BCUT2D eigenvalue weighted by atomic mass is 19.1. The Morgan fingerprint density at radius 2 is 1.74 bits per heavy atom. The van der Waals surface area contributed by atoms with Crippen LogP contribution in [0.1, 0.15) is 11.1 Å². The fourth-order valence-electron chi connectivity index (χ4n) is 3.04. The molecule has 6 nitrogen and oxygen atoms in total. The van der Waals surface area contributed by atoms with E-state index >= 15 is 0 Å². The number of aliphatic carboxylic acids is 1. The summed E-state index contributed by atoms with van der Waals surface area (Å²) >= 11 is 0. The summed E-state index contributed by atoms with van der Waals surface area (Å²) in [5.74, 6) is -1.34. The van der Waals surface area contributed by atoms with E-state index in [0.29, 0.717) is 19.6 Å². The quantitative estimate of drug-likeness (QED) is 0.874. The molecule has 0 unspecified atom stereocenters. The van der Waals surface area contributed by atoms with Gasteiger partial charge in [0.2, 0.25) is 0 Å². The topological polar surface area (TPSA) is 70.1 Å². The summed E-state index contributed by atoms with van der Waals surface area (Å²) in [5, 5.41) is 9.56. The number of amides is 1. The lowest BCUT2D eigenvalue weighted by atomic mass is 10.1. The van der Waals surface area contributed by atoms with Crippen LogP contribution in [0, 0.1) is 5.82 Å². The molecule has 0 spiro atoms. The zero-order chi connectivity index (χ0) is 19.2. The molecule has 0 aliphatic carbocycles. The van der Waals surface area contributed by atoms with Crippen LogP contribution in [0.4, 0.5) is 9.18 Å². The monoisotopic (exact) mass is 372 g/mol. The van der Waals surface area contributed by atoms with Gasteiger partial charge in [0, 0.05) is 19.6 Å². The number of ether oxygens (including phenoxy) is 1. The summed E-state index contributed by atoms with van der Waals surface area (Å²) in [5.41, 5.74) is 1.69. The maximum absolute atomic E-state index is 13.0. The van der Waals surface area contributed by atoms with E-state index in [1.54, 1.807) is 17.0 Å². The van der Waals surface area contributed by atoms with Gasteiger partial charge in [0.05, 0.1) is 6.54 Å². The average molecular weight is 372 g/mol. The number of nitrogens with zero attached hydrogens (tertiary/aromatic N) is 2. The van der Waals surface area contributed by atoms with Gasteiger partial charge in [-0.3, -0.25) is 9.69 Å². The minimum absolute atomic E-state index is 0.0458. The van der Waals surface area contributed by atoms with Gasteiger partial charge in [-0.05, 0) is 23.3 Å². The second-order valence-corrected chi connectivity index (χ2v) is 6.44. The van der Waals surface area contributed by atoms with Crippen LogP contribution in [0.25, 0.3) is 0 Å². The first-order valence-corrected chi connectivity index (χ1v) is 8.70. The van der Waals surface area contributed by atoms with E-state index in [-0.39, 0.29) is 19.0 Å². The predicted molar refractivity (Wildman–Crippen MR) is 96.4 cm³/mol. The first-order valence-electron chi connectivity index (χ1n) is 8.70. The molecular formula is C20H21FN2O4. The Labute approximate surface area is 156 Å². The Morgan fingerprint density at radius 1 is 1.04 bits per heavy atom. The van der Waals surface area contributed by atoms with Crippen molar-refractivity contribution in [1.82, 2.24) is 9.80 Å². The second kappa shape index (κ2) is 8.64. The van der Waals surface area contributed by atoms with Crippen molar-refractivity contribution in [1.29, 1.82) is 0 Å². The zero-order valence-corrected chi connectivity index (χ0v) is 14.8. The van der Waals surface area contributed by atoms with Gasteiger partial charge in [0.15, 0.2) is 0 Å². The lowest BCUT2D eigenvalue weighted by Gasteiger charge is -2.38. The molecule has 1 amide bonds. The molecule has 0 aromatic heterocycles. The lowest BCUT2D eigenvalue weighted by Crippen LogP contribution is -2.57. The number of hydrogen-bond acceptors (Lipinski definition) is 4. The van der Waals surface area contributed by atoms with Gasteiger partial charge in [-0.25, -0.2) is 9.18 Å². The van der Waals surface area contributed by atoms with Gasteiger partial charge in [-0.2, -0.15) is 0 Å². The van der Waals surface area contributed by atoms with Gasteiger partial charge < -0.3 is 14.7 Å². The third-order valence-corrected chi connectivity index (χ3v) is 4.54. The van der Waals surface area contributed by atoms with E-state index < -0.39 is 18.1 Å². The molecule has 142 valence electrons. The van der Waals surface area contributed by atoms with Crippen LogP contribution in [0.2, 0.25) is 0 Å². The lowest BCUT2D eigenvalue weighted by molar-refractivity contribution is -0.145. The van der Waals surface area contributed by atoms with Gasteiger partial charge in [-0.1, -0.05) is 42.5 Å². The number of rotatable bonds is 5. The summed E-state index contributed by atoms with van der Waals surface area (Å²) in [7, 11) is 0. The van der Waals surface area contributed by atoms with Crippen LogP contribution < -0.4 is 0 Å². The summed E-state index contributed by atoms with van der Waals surface area (Å²) in [4.78, 5) is 27.2. The van der Waals surface area contributed by atoms with E-state index in [1.807, 2.05) is 30.3 Å². The molecule has 3 rings (SSSR count). The van der Waals surface area contributed by atoms with E-state index in [4.69, 9.17) is 4.74 Å². The van der Waals surface area contributed by atoms with Crippen LogP contribution in [0.15, 0.2) is 54.6 Å². The van der Waals surface area contributed by atoms with Crippen molar-refractivity contribution in [2.75, 3.05) is 19.6 Å². The van der Waals surface area contributed by atoms with Crippen molar-refractivity contribution in [3.05, 3.63) is 71.5 Å². The van der Waals surface area contributed by atoms with Crippen LogP contribution in [0.5, 0.6) is 0 Å². The van der Waals surface area contributed by atoms with E-state index in [0.717, 1.165) is 11.1 Å². The maximum Gasteiger partial charge on any atom is 0.410 e. The number of carbonyl (C=O) groups is 2. The Kier molecular flexibility index (Phi) is 6.03. The Hall–Kier alpha value is -2.93. The summed E-state index contributed by atoms with van der Waals surface area (Å²) in [6.45, 7) is 1.34. The molecule has 2 aromatic carbocycles. The third kappa shape index (κ3) is 5.04. The van der Waals surface area contributed by atoms with E-state index in [1.165, 1.54) is 17.0 Å². The Balaban J connectivity index is 1.58. The summed E-state index contributed by atoms with van der Waals surface area (Å²) < 4.78 is 18.3. The van der Waals surface area contributed by atoms with Crippen molar-refractivity contribution in [3.8, 4) is 0 Å². The summed E-state index contributed by atoms with van der Waals surface area (Å²) in [6, 6.07) is 14.4. The molecule has 1 atom stereocenters. The Bertz CT molecular complexity index is 782. The van der Waals surface area contributed by atoms with E-state index in [9.17, 15) is 19.1 Å². The molecule has 1 saturated heterocycles. The van der Waals surface area contributed by atoms with Crippen LogP contribution in [-0.4, -0.2) is 52.6 Å². The molecule has 1 fully saturated rings. The molecule has 7 heteroatoms. The standard InChI is InChI=1S/C20H21FN2O4/c21-17-8-6-15(7-9-17)12-22-10-11-23(13-18(22)19(24)25)20(26)27-14-16-4-2-1-3-5-16/h1-9,18H,10-14H2,(H,24,25)/t18-/m0/s1. The largest absolute Gasteiger partial charge is 0.480 e. The van der Waals surface area contributed by atoms with Gasteiger partial charge in [-0.15, -0.1) is 0 Å². The normalized spacial score (nSPS) is 17.5. The van der Waals surface area contributed by atoms with Crippen molar-refractivity contribution < 1.29 is 23.8 Å². The molecule has 1 N–H and O–H groups in total. The first kappa shape index (κ1) is 18.8. The average Bonchev–Trinajstić information content (AvgIpc) is 2.69. The fraction of sp³-hybridized carbons (Fsp3) is 0.300. The molecule has 1 aliphatic rings. The number of piperazine rings is 1. The molecular weight excluding hydrogens is 351 g/mol. The smallest absolute Gasteiger partial charge is 0.410 e. The van der Waals surface area contributed by atoms with Crippen molar-refractivity contribution in [3.63, 3.8) is 0 Å². The molecule has 27 heavy (non-hydrogen) atoms. The SMILES string of the molecule is O=C(O)[C@@H]1CN(C(=O)OCc2ccccc2)CCN1Cc1ccc(F)cc1. The van der Waals surface area contributed by atoms with Crippen molar-refractivity contribution in [2.45, 2.75) is 19.2 Å². The molecule has 0 saturated carbocycles. The summed E-state index contributed by atoms with van der Waals surface area (Å²) in [6.07, 6.45) is -0.522. The highest BCUT2D eigenvalue weighted by molar-refractivity contribution is 5.76. The molecule has 0 bridgehead atoms. The second-order valence-electron chi connectivity index (χ2n) is 6.44. The number of carbonyl (C=O) groups excluding carboxylic acids is 1. The van der Waals surface area contributed by atoms with Crippen LogP contribution in [0.3, 0.4) is 0 Å².